The number of anilines is 2. The number of allylic oxidation sites excluding steroid dienone is 1. The molecular formula is C26H19ClN4O2. The van der Waals surface area contributed by atoms with Crippen molar-refractivity contribution in [2.75, 3.05) is 16.3 Å². The van der Waals surface area contributed by atoms with E-state index in [1.165, 1.54) is 4.90 Å². The Morgan fingerprint density at radius 1 is 1.15 bits per heavy atom. The summed E-state index contributed by atoms with van der Waals surface area (Å²) in [5.74, 6) is 2.04. The van der Waals surface area contributed by atoms with E-state index in [0.29, 0.717) is 46.1 Å². The topological polar surface area (TPSA) is 90.4 Å². The molecule has 0 radical (unpaired) electrons. The lowest BCUT2D eigenvalue weighted by molar-refractivity contribution is -0.124. The summed E-state index contributed by atoms with van der Waals surface area (Å²) in [5, 5.41) is 10.8. The summed E-state index contributed by atoms with van der Waals surface area (Å²) < 4.78 is 0. The molecule has 1 spiro atoms. The highest BCUT2D eigenvalue weighted by atomic mass is 35.5. The highest BCUT2D eigenvalue weighted by Crippen LogP contribution is 2.56. The van der Waals surface area contributed by atoms with Gasteiger partial charge in [-0.2, -0.15) is 5.26 Å². The molecule has 0 unspecified atom stereocenters. The lowest BCUT2D eigenvalue weighted by Gasteiger charge is -2.43. The number of carbonyl (C=O) groups excluding carboxylic acids is 2. The molecule has 0 saturated heterocycles. The number of Topliss-reactive ketones (excluding diaryl/α,β-unsaturated/α-hetero) is 1. The van der Waals surface area contributed by atoms with Crippen molar-refractivity contribution in [2.24, 2.45) is 5.73 Å². The van der Waals surface area contributed by atoms with E-state index >= 15 is 0 Å². The van der Waals surface area contributed by atoms with Crippen molar-refractivity contribution in [3.63, 3.8) is 0 Å². The van der Waals surface area contributed by atoms with Crippen LogP contribution in [-0.2, 0) is 15.0 Å². The number of ketones is 1. The van der Waals surface area contributed by atoms with Crippen molar-refractivity contribution in [3.05, 3.63) is 81.8 Å². The highest BCUT2D eigenvalue weighted by Gasteiger charge is 2.62. The van der Waals surface area contributed by atoms with Gasteiger partial charge in [0, 0.05) is 39.7 Å². The third-order valence-electron chi connectivity index (χ3n) is 6.49. The van der Waals surface area contributed by atoms with E-state index in [4.69, 9.17) is 23.8 Å². The second kappa shape index (κ2) is 7.55. The van der Waals surface area contributed by atoms with E-state index in [9.17, 15) is 14.9 Å². The SMILES string of the molecule is C#CCN1C(=O)[C@@]2(C(C#N)=C(N)N(c3cccc(Cl)c3)C3=C2C(=O)CCC3)c2ccccc21. The Hall–Kier alpha value is -4.00. The van der Waals surface area contributed by atoms with Crippen LogP contribution in [0, 0.1) is 23.7 Å². The zero-order valence-corrected chi connectivity index (χ0v) is 18.4. The summed E-state index contributed by atoms with van der Waals surface area (Å²) in [6.07, 6.45) is 6.99. The Bertz CT molecular complexity index is 1380. The fourth-order valence-corrected chi connectivity index (χ4v) is 5.47. The van der Waals surface area contributed by atoms with E-state index in [1.54, 1.807) is 47.4 Å². The minimum Gasteiger partial charge on any atom is -0.384 e. The molecule has 2 aromatic carbocycles. The molecule has 162 valence electrons. The van der Waals surface area contributed by atoms with Crippen molar-refractivity contribution in [2.45, 2.75) is 24.7 Å². The molecular weight excluding hydrogens is 436 g/mol. The maximum Gasteiger partial charge on any atom is 0.248 e. The molecule has 3 aliphatic rings. The molecule has 0 aromatic heterocycles. The van der Waals surface area contributed by atoms with Crippen LogP contribution < -0.4 is 15.5 Å². The van der Waals surface area contributed by atoms with Crippen LogP contribution in [-0.4, -0.2) is 18.2 Å². The number of carbonyl (C=O) groups is 2. The van der Waals surface area contributed by atoms with Gasteiger partial charge in [-0.25, -0.2) is 0 Å². The van der Waals surface area contributed by atoms with Crippen LogP contribution in [0.1, 0.15) is 24.8 Å². The van der Waals surface area contributed by atoms with Gasteiger partial charge in [0.1, 0.15) is 17.3 Å². The summed E-state index contributed by atoms with van der Waals surface area (Å²) >= 11 is 6.24. The van der Waals surface area contributed by atoms with E-state index in [2.05, 4.69) is 12.0 Å². The van der Waals surface area contributed by atoms with Gasteiger partial charge in [-0.3, -0.25) is 19.4 Å². The molecule has 7 heteroatoms. The molecule has 33 heavy (non-hydrogen) atoms. The first-order valence-corrected chi connectivity index (χ1v) is 10.9. The van der Waals surface area contributed by atoms with Gasteiger partial charge < -0.3 is 5.73 Å². The molecule has 0 fully saturated rings. The molecule has 0 bridgehead atoms. The van der Waals surface area contributed by atoms with Crippen LogP contribution in [0.25, 0.3) is 0 Å². The lowest BCUT2D eigenvalue weighted by atomic mass is 9.64. The van der Waals surface area contributed by atoms with Crippen LogP contribution in [0.4, 0.5) is 11.4 Å². The normalized spacial score (nSPS) is 21.8. The van der Waals surface area contributed by atoms with Gasteiger partial charge in [0.05, 0.1) is 12.1 Å². The second-order valence-electron chi connectivity index (χ2n) is 8.15. The van der Waals surface area contributed by atoms with Crippen molar-refractivity contribution >= 4 is 34.7 Å². The van der Waals surface area contributed by atoms with Crippen LogP contribution in [0.3, 0.4) is 0 Å². The monoisotopic (exact) mass is 454 g/mol. The second-order valence-corrected chi connectivity index (χ2v) is 8.58. The fraction of sp³-hybridized carbons (Fsp3) is 0.192. The molecule has 1 atom stereocenters. The van der Waals surface area contributed by atoms with E-state index < -0.39 is 11.3 Å². The van der Waals surface area contributed by atoms with Gasteiger partial charge in [-0.05, 0) is 37.1 Å². The fourth-order valence-electron chi connectivity index (χ4n) is 5.29. The maximum absolute atomic E-state index is 14.1. The zero-order chi connectivity index (χ0) is 23.3. The minimum atomic E-state index is -1.62. The first-order chi connectivity index (χ1) is 16.0. The molecule has 0 saturated carbocycles. The molecule has 6 nitrogen and oxygen atoms in total. The van der Waals surface area contributed by atoms with E-state index in [-0.39, 0.29) is 30.1 Å². The van der Waals surface area contributed by atoms with Crippen molar-refractivity contribution in [1.82, 2.24) is 0 Å². The van der Waals surface area contributed by atoms with Crippen LogP contribution in [0.5, 0.6) is 0 Å². The predicted molar refractivity (Wildman–Crippen MR) is 126 cm³/mol. The van der Waals surface area contributed by atoms with E-state index in [0.717, 1.165) is 0 Å². The number of hydrogen-bond donors (Lipinski definition) is 1. The number of hydrogen-bond acceptors (Lipinski definition) is 5. The quantitative estimate of drug-likeness (QED) is 0.697. The highest BCUT2D eigenvalue weighted by molar-refractivity contribution is 6.31. The number of halogens is 1. The number of fused-ring (bicyclic) bond motifs is 3. The summed E-state index contributed by atoms with van der Waals surface area (Å²) in [4.78, 5) is 30.8. The molecule has 2 aromatic rings. The number of rotatable bonds is 2. The zero-order valence-electron chi connectivity index (χ0n) is 17.6. The number of nitrogens with two attached hydrogens (primary N) is 1. The molecule has 2 aliphatic heterocycles. The number of terminal acetylenes is 1. The number of nitrogens with zero attached hydrogens (tertiary/aromatic N) is 3. The third-order valence-corrected chi connectivity index (χ3v) is 6.73. The first-order valence-electron chi connectivity index (χ1n) is 10.5. The molecule has 2 heterocycles. The van der Waals surface area contributed by atoms with Crippen LogP contribution >= 0.6 is 11.6 Å². The van der Waals surface area contributed by atoms with E-state index in [1.807, 2.05) is 6.07 Å². The Morgan fingerprint density at radius 2 is 1.94 bits per heavy atom. The minimum absolute atomic E-state index is 0.0189. The third kappa shape index (κ3) is 2.68. The lowest BCUT2D eigenvalue weighted by Crippen LogP contribution is -2.52. The maximum atomic E-state index is 14.1. The summed E-state index contributed by atoms with van der Waals surface area (Å²) in [6, 6.07) is 16.4. The largest absolute Gasteiger partial charge is 0.384 e. The van der Waals surface area contributed by atoms with Gasteiger partial charge in [0.25, 0.3) is 0 Å². The number of nitriles is 1. The summed E-state index contributed by atoms with van der Waals surface area (Å²) in [5.41, 5.74) is 7.74. The predicted octanol–water partition coefficient (Wildman–Crippen LogP) is 3.78. The average molecular weight is 455 g/mol. The van der Waals surface area contributed by atoms with Crippen molar-refractivity contribution in [1.29, 1.82) is 5.26 Å². The molecule has 1 amide bonds. The van der Waals surface area contributed by atoms with Gasteiger partial charge in [-0.1, -0.05) is 41.8 Å². The van der Waals surface area contributed by atoms with Gasteiger partial charge in [0.2, 0.25) is 5.91 Å². The van der Waals surface area contributed by atoms with Crippen molar-refractivity contribution in [3.8, 4) is 18.4 Å². The Balaban J connectivity index is 1.89. The average Bonchev–Trinajstić information content (AvgIpc) is 3.04. The summed E-state index contributed by atoms with van der Waals surface area (Å²) in [6.45, 7) is 0.0189. The Labute approximate surface area is 196 Å². The molecule has 2 N–H and O–H groups in total. The first kappa shape index (κ1) is 20.9. The van der Waals surface area contributed by atoms with Gasteiger partial charge in [-0.15, -0.1) is 6.42 Å². The Kier molecular flexibility index (Phi) is 4.78. The van der Waals surface area contributed by atoms with Gasteiger partial charge in [0.15, 0.2) is 5.78 Å². The number of amides is 1. The van der Waals surface area contributed by atoms with Gasteiger partial charge >= 0.3 is 0 Å². The molecule has 5 rings (SSSR count). The number of para-hydroxylation sites is 1. The Morgan fingerprint density at radius 3 is 2.67 bits per heavy atom. The standard InChI is InChI=1S/C26H19ClN4O2/c1-2-13-30-20-10-4-3-9-18(20)26(25(30)33)19(15-28)24(29)31(17-8-5-7-16(27)14-17)21-11-6-12-22(32)23(21)26/h1,3-5,7-10,14H,6,11-13,29H2/t26-/m1/s1. The van der Waals surface area contributed by atoms with Crippen LogP contribution in [0.2, 0.25) is 5.02 Å². The molecule has 1 aliphatic carbocycles. The van der Waals surface area contributed by atoms with Crippen molar-refractivity contribution < 1.29 is 9.59 Å². The smallest absolute Gasteiger partial charge is 0.248 e. The summed E-state index contributed by atoms with van der Waals surface area (Å²) in [7, 11) is 0. The number of benzene rings is 2. The van der Waals surface area contributed by atoms with Crippen LogP contribution in [0.15, 0.2) is 71.2 Å².